The minimum absolute atomic E-state index is 0.124. The molecule has 0 radical (unpaired) electrons. The molecule has 1 amide bonds. The monoisotopic (exact) mass is 319 g/mol. The van der Waals surface area contributed by atoms with Crippen LogP contribution in [0.4, 0.5) is 5.95 Å². The van der Waals surface area contributed by atoms with Crippen LogP contribution in [0, 0.1) is 0 Å². The van der Waals surface area contributed by atoms with Gasteiger partial charge in [-0.25, -0.2) is 4.98 Å². The molecule has 0 atom stereocenters. The first-order valence-electron chi connectivity index (χ1n) is 5.99. The number of anilines is 1. The van der Waals surface area contributed by atoms with Crippen molar-refractivity contribution in [3.05, 3.63) is 41.3 Å². The molecule has 106 valence electrons. The van der Waals surface area contributed by atoms with E-state index in [4.69, 9.17) is 11.6 Å². The number of nitrogens with zero attached hydrogens (tertiary/aromatic N) is 3. The third-order valence-electron chi connectivity index (χ3n) is 2.82. The number of thioether (sulfide) groups is 1. The predicted molar refractivity (Wildman–Crippen MR) is 82.9 cm³/mol. The molecule has 0 saturated heterocycles. The van der Waals surface area contributed by atoms with E-state index in [1.807, 2.05) is 18.4 Å². The maximum absolute atomic E-state index is 12.1. The van der Waals surface area contributed by atoms with Crippen molar-refractivity contribution in [2.75, 3.05) is 11.6 Å². The lowest BCUT2D eigenvalue weighted by Gasteiger charge is -2.05. The van der Waals surface area contributed by atoms with Crippen LogP contribution in [-0.4, -0.2) is 32.1 Å². The van der Waals surface area contributed by atoms with Gasteiger partial charge in [0.05, 0.1) is 6.33 Å². The summed E-state index contributed by atoms with van der Waals surface area (Å²) in [5, 5.41) is 2.83. The largest absolute Gasteiger partial charge is 0.341 e. The van der Waals surface area contributed by atoms with Crippen LogP contribution in [0.15, 0.2) is 35.5 Å². The summed E-state index contributed by atoms with van der Waals surface area (Å²) >= 11 is 7.61. The Morgan fingerprint density at radius 1 is 1.29 bits per heavy atom. The summed E-state index contributed by atoms with van der Waals surface area (Å²) < 4.78 is 0. The number of hydrogen-bond acceptors (Lipinski definition) is 5. The van der Waals surface area contributed by atoms with Gasteiger partial charge < -0.3 is 4.98 Å². The van der Waals surface area contributed by atoms with Gasteiger partial charge >= 0.3 is 0 Å². The van der Waals surface area contributed by atoms with Crippen molar-refractivity contribution in [3.63, 3.8) is 0 Å². The topological polar surface area (TPSA) is 83.6 Å². The van der Waals surface area contributed by atoms with E-state index >= 15 is 0 Å². The van der Waals surface area contributed by atoms with E-state index in [0.717, 1.165) is 4.90 Å². The van der Waals surface area contributed by atoms with E-state index in [0.29, 0.717) is 16.7 Å². The van der Waals surface area contributed by atoms with Gasteiger partial charge in [-0.3, -0.25) is 10.1 Å². The number of imidazole rings is 1. The molecule has 3 aromatic rings. The number of aromatic amines is 1. The highest BCUT2D eigenvalue weighted by atomic mass is 35.5. The number of halogens is 1. The molecular weight excluding hydrogens is 310 g/mol. The number of H-pyrrole nitrogens is 1. The molecule has 6 nitrogen and oxygen atoms in total. The molecule has 0 saturated carbocycles. The Morgan fingerprint density at radius 2 is 2.05 bits per heavy atom. The van der Waals surface area contributed by atoms with E-state index in [1.165, 1.54) is 6.33 Å². The molecule has 0 fully saturated rings. The van der Waals surface area contributed by atoms with Gasteiger partial charge in [0.25, 0.3) is 5.91 Å². The number of aromatic nitrogens is 4. The fourth-order valence-corrected chi connectivity index (χ4v) is 2.40. The van der Waals surface area contributed by atoms with Gasteiger partial charge in [0, 0.05) is 10.5 Å². The minimum Gasteiger partial charge on any atom is -0.341 e. The summed E-state index contributed by atoms with van der Waals surface area (Å²) in [7, 11) is 0. The zero-order valence-electron chi connectivity index (χ0n) is 10.9. The molecule has 0 spiro atoms. The van der Waals surface area contributed by atoms with Gasteiger partial charge in [-0.05, 0) is 30.5 Å². The quantitative estimate of drug-likeness (QED) is 0.573. The number of carbonyl (C=O) groups is 1. The average Bonchev–Trinajstić information content (AvgIpc) is 2.96. The lowest BCUT2D eigenvalue weighted by molar-refractivity contribution is 0.102. The minimum atomic E-state index is -0.298. The molecule has 1 aromatic carbocycles. The summed E-state index contributed by atoms with van der Waals surface area (Å²) in [6.07, 6.45) is 3.45. The van der Waals surface area contributed by atoms with Gasteiger partial charge in [0.2, 0.25) is 5.95 Å². The van der Waals surface area contributed by atoms with E-state index in [-0.39, 0.29) is 17.0 Å². The predicted octanol–water partition coefficient (Wildman–Crippen LogP) is 2.98. The van der Waals surface area contributed by atoms with Gasteiger partial charge in [-0.15, -0.1) is 11.8 Å². The molecule has 8 heteroatoms. The summed E-state index contributed by atoms with van der Waals surface area (Å²) in [6.45, 7) is 0. The number of fused-ring (bicyclic) bond motifs is 1. The molecule has 21 heavy (non-hydrogen) atoms. The summed E-state index contributed by atoms with van der Waals surface area (Å²) in [4.78, 5) is 28.2. The second-order valence-corrected chi connectivity index (χ2v) is 5.36. The normalized spacial score (nSPS) is 10.8. The Hall–Kier alpha value is -2.12. The maximum atomic E-state index is 12.1. The number of hydrogen-bond donors (Lipinski definition) is 2. The number of rotatable bonds is 3. The van der Waals surface area contributed by atoms with Crippen molar-refractivity contribution in [2.24, 2.45) is 0 Å². The molecule has 2 N–H and O–H groups in total. The van der Waals surface area contributed by atoms with Crippen LogP contribution in [-0.2, 0) is 0 Å². The van der Waals surface area contributed by atoms with Gasteiger partial charge in [0.1, 0.15) is 5.52 Å². The van der Waals surface area contributed by atoms with E-state index in [9.17, 15) is 4.79 Å². The second-order valence-electron chi connectivity index (χ2n) is 4.12. The van der Waals surface area contributed by atoms with Crippen LogP contribution in [0.2, 0.25) is 5.15 Å². The standard InChI is InChI=1S/C13H10ClN5OS/c1-21-8-4-2-7(3-5-8)12(20)19-13-17-10(14)9-11(18-13)16-6-15-9/h2-6H,1H3,(H2,15,16,17,18,19,20). The molecule has 2 heterocycles. The van der Waals surface area contributed by atoms with Crippen molar-refractivity contribution in [1.82, 2.24) is 19.9 Å². The Kier molecular flexibility index (Phi) is 3.76. The number of amides is 1. The molecule has 0 aliphatic heterocycles. The Balaban J connectivity index is 1.84. The molecular formula is C13H10ClN5OS. The zero-order chi connectivity index (χ0) is 14.8. The first-order valence-corrected chi connectivity index (χ1v) is 7.59. The SMILES string of the molecule is CSc1ccc(C(=O)Nc2nc(Cl)c3[nH]cnc3n2)cc1. The van der Waals surface area contributed by atoms with Crippen LogP contribution in [0.5, 0.6) is 0 Å². The third-order valence-corrected chi connectivity index (χ3v) is 3.84. The zero-order valence-corrected chi connectivity index (χ0v) is 12.5. The second kappa shape index (κ2) is 5.71. The van der Waals surface area contributed by atoms with Crippen molar-refractivity contribution in [2.45, 2.75) is 4.90 Å². The highest BCUT2D eigenvalue weighted by Crippen LogP contribution is 2.19. The van der Waals surface area contributed by atoms with Gasteiger partial charge in [-0.1, -0.05) is 11.6 Å². The maximum Gasteiger partial charge on any atom is 0.258 e. The number of carbonyl (C=O) groups excluding carboxylic acids is 1. The van der Waals surface area contributed by atoms with Gasteiger partial charge in [-0.2, -0.15) is 9.97 Å². The average molecular weight is 320 g/mol. The van der Waals surface area contributed by atoms with E-state index in [1.54, 1.807) is 23.9 Å². The first kappa shape index (κ1) is 13.8. The fraction of sp³-hybridized carbons (Fsp3) is 0.0769. The highest BCUT2D eigenvalue weighted by Gasteiger charge is 2.12. The van der Waals surface area contributed by atoms with Crippen molar-refractivity contribution in [1.29, 1.82) is 0 Å². The van der Waals surface area contributed by atoms with Gasteiger partial charge in [0.15, 0.2) is 10.8 Å². The Labute approximate surface area is 129 Å². The van der Waals surface area contributed by atoms with Crippen molar-refractivity contribution in [3.8, 4) is 0 Å². The molecule has 3 rings (SSSR count). The molecule has 2 aromatic heterocycles. The fourth-order valence-electron chi connectivity index (χ4n) is 1.77. The highest BCUT2D eigenvalue weighted by molar-refractivity contribution is 7.98. The van der Waals surface area contributed by atoms with Crippen LogP contribution in [0.1, 0.15) is 10.4 Å². The number of nitrogens with one attached hydrogen (secondary N) is 2. The van der Waals surface area contributed by atoms with Crippen LogP contribution in [0.3, 0.4) is 0 Å². The summed E-state index contributed by atoms with van der Waals surface area (Å²) in [6, 6.07) is 7.25. The number of benzene rings is 1. The van der Waals surface area contributed by atoms with Crippen molar-refractivity contribution < 1.29 is 4.79 Å². The first-order chi connectivity index (χ1) is 10.2. The lowest BCUT2D eigenvalue weighted by Crippen LogP contribution is -2.14. The lowest BCUT2D eigenvalue weighted by atomic mass is 10.2. The van der Waals surface area contributed by atoms with Crippen molar-refractivity contribution >= 4 is 46.4 Å². The third kappa shape index (κ3) is 2.84. The van der Waals surface area contributed by atoms with E-state index in [2.05, 4.69) is 25.3 Å². The van der Waals surface area contributed by atoms with Crippen LogP contribution < -0.4 is 5.32 Å². The Bertz CT molecular complexity index is 802. The molecule has 0 aliphatic carbocycles. The van der Waals surface area contributed by atoms with Crippen LogP contribution >= 0.6 is 23.4 Å². The van der Waals surface area contributed by atoms with Crippen LogP contribution in [0.25, 0.3) is 11.2 Å². The molecule has 0 bridgehead atoms. The summed E-state index contributed by atoms with van der Waals surface area (Å²) in [5.41, 5.74) is 1.47. The Morgan fingerprint density at radius 3 is 2.76 bits per heavy atom. The van der Waals surface area contributed by atoms with E-state index < -0.39 is 0 Å². The smallest absolute Gasteiger partial charge is 0.258 e. The summed E-state index contributed by atoms with van der Waals surface area (Å²) in [5.74, 6) is -0.174. The molecule has 0 aliphatic rings. The molecule has 0 unspecified atom stereocenters.